The van der Waals surface area contributed by atoms with E-state index in [0.717, 1.165) is 44.2 Å². The van der Waals surface area contributed by atoms with E-state index in [0.29, 0.717) is 0 Å². The summed E-state index contributed by atoms with van der Waals surface area (Å²) in [7, 11) is 0. The molecule has 1 aliphatic carbocycles. The first kappa shape index (κ1) is 14.1. The first-order valence-corrected chi connectivity index (χ1v) is 6.95. The zero-order valence-corrected chi connectivity index (χ0v) is 11.3. The summed E-state index contributed by atoms with van der Waals surface area (Å²) in [5, 5.41) is 12.3. The Morgan fingerprint density at radius 1 is 1.32 bits per heavy atom. The van der Waals surface area contributed by atoms with E-state index in [9.17, 15) is 14.3 Å². The summed E-state index contributed by atoms with van der Waals surface area (Å²) in [4.78, 5) is 12.1. The Morgan fingerprint density at radius 2 is 2.05 bits per heavy atom. The molecule has 1 saturated carbocycles. The highest BCUT2D eigenvalue weighted by Gasteiger charge is 2.24. The second kappa shape index (κ2) is 6.24. The predicted molar refractivity (Wildman–Crippen MR) is 72.0 cm³/mol. The van der Waals surface area contributed by atoms with Gasteiger partial charge in [0.1, 0.15) is 11.6 Å². The van der Waals surface area contributed by atoms with Crippen molar-refractivity contribution < 1.29 is 14.3 Å². The van der Waals surface area contributed by atoms with E-state index < -0.39 is 11.7 Å². The molecule has 1 aliphatic rings. The quantitative estimate of drug-likeness (QED) is 0.647. The lowest BCUT2D eigenvalue weighted by Crippen LogP contribution is -2.40. The van der Waals surface area contributed by atoms with Crippen LogP contribution in [-0.2, 0) is 0 Å². The highest BCUT2D eigenvalue weighted by atomic mass is 35.5. The van der Waals surface area contributed by atoms with E-state index in [4.69, 9.17) is 11.6 Å². The molecule has 0 bridgehead atoms. The fourth-order valence-electron chi connectivity index (χ4n) is 2.37. The van der Waals surface area contributed by atoms with Gasteiger partial charge in [0.2, 0.25) is 0 Å². The summed E-state index contributed by atoms with van der Waals surface area (Å²) in [6.07, 6.45) is 4.94. The first-order valence-electron chi connectivity index (χ1n) is 6.51. The van der Waals surface area contributed by atoms with Crippen LogP contribution >= 0.6 is 11.6 Å². The molecular formula is C14H17ClFNO2. The van der Waals surface area contributed by atoms with Crippen molar-refractivity contribution in [3.05, 3.63) is 29.6 Å². The zero-order valence-electron chi connectivity index (χ0n) is 10.5. The van der Waals surface area contributed by atoms with Crippen LogP contribution < -0.4 is 5.32 Å². The molecule has 104 valence electrons. The molecule has 19 heavy (non-hydrogen) atoms. The lowest BCUT2D eigenvalue weighted by atomic mass is 10.1. The van der Waals surface area contributed by atoms with Crippen LogP contribution in [0, 0.1) is 5.82 Å². The Bertz CT molecular complexity index is 467. The smallest absolute Gasteiger partial charge is 0.255 e. The first-order chi connectivity index (χ1) is 9.08. The summed E-state index contributed by atoms with van der Waals surface area (Å²) >= 11 is 6.25. The molecule has 1 aromatic carbocycles. The molecule has 0 radical (unpaired) electrons. The number of hydrogen-bond donors (Lipinski definition) is 2. The number of hydrogen-bond acceptors (Lipinski definition) is 2. The molecule has 2 N–H and O–H groups in total. The van der Waals surface area contributed by atoms with Gasteiger partial charge in [0, 0.05) is 12.1 Å². The summed E-state index contributed by atoms with van der Waals surface area (Å²) in [5.41, 5.74) is 0.0783. The average molecular weight is 286 g/mol. The van der Waals surface area contributed by atoms with Gasteiger partial charge in [0.15, 0.2) is 0 Å². The Balaban J connectivity index is 2.07. The van der Waals surface area contributed by atoms with E-state index in [1.165, 1.54) is 6.07 Å². The molecule has 3 nitrogen and oxygen atoms in total. The highest BCUT2D eigenvalue weighted by Crippen LogP contribution is 2.24. The van der Waals surface area contributed by atoms with E-state index in [1.54, 1.807) is 0 Å². The fraction of sp³-hybridized carbons (Fsp3) is 0.500. The van der Waals surface area contributed by atoms with Gasteiger partial charge in [-0.2, -0.15) is 0 Å². The number of aromatic hydroxyl groups is 1. The lowest BCUT2D eigenvalue weighted by Gasteiger charge is -2.21. The van der Waals surface area contributed by atoms with Gasteiger partial charge in [-0.3, -0.25) is 4.79 Å². The number of nitrogens with one attached hydrogen (secondary N) is 1. The minimum atomic E-state index is -0.571. The second-order valence-corrected chi connectivity index (χ2v) is 5.46. The van der Waals surface area contributed by atoms with Crippen molar-refractivity contribution in [2.75, 3.05) is 0 Å². The molecule has 0 saturated heterocycles. The van der Waals surface area contributed by atoms with Crippen LogP contribution in [0.2, 0.25) is 0 Å². The lowest BCUT2D eigenvalue weighted by molar-refractivity contribution is 0.0931. The van der Waals surface area contributed by atoms with Crippen LogP contribution in [0.15, 0.2) is 18.2 Å². The number of carbonyl (C=O) groups excluding carboxylic acids is 1. The topological polar surface area (TPSA) is 49.3 Å². The van der Waals surface area contributed by atoms with E-state index in [1.807, 2.05) is 0 Å². The minimum absolute atomic E-state index is 0.0783. The normalized spacial score (nSPS) is 23.7. The van der Waals surface area contributed by atoms with Crippen molar-refractivity contribution in [2.24, 2.45) is 0 Å². The number of phenolic OH excluding ortho intramolecular Hbond substituents is 1. The third-order valence-corrected chi connectivity index (χ3v) is 3.97. The fourth-order valence-corrected chi connectivity index (χ4v) is 2.71. The SMILES string of the molecule is O=C(NC1CCCCCC1Cl)c1ccc(F)cc1O. The molecule has 0 spiro atoms. The van der Waals surface area contributed by atoms with Crippen molar-refractivity contribution >= 4 is 17.5 Å². The predicted octanol–water partition coefficient (Wildman–Crippen LogP) is 3.20. The Hall–Kier alpha value is -1.29. The van der Waals surface area contributed by atoms with Gasteiger partial charge in [-0.25, -0.2) is 4.39 Å². The van der Waals surface area contributed by atoms with Crippen LogP contribution in [0.3, 0.4) is 0 Å². The molecule has 2 unspecified atom stereocenters. The van der Waals surface area contributed by atoms with Crippen LogP contribution in [0.5, 0.6) is 5.75 Å². The monoisotopic (exact) mass is 285 g/mol. The van der Waals surface area contributed by atoms with Crippen molar-refractivity contribution in [3.8, 4) is 5.75 Å². The summed E-state index contributed by atoms with van der Waals surface area (Å²) < 4.78 is 12.9. The molecule has 2 rings (SSSR count). The average Bonchev–Trinajstić information content (AvgIpc) is 2.55. The molecule has 1 fully saturated rings. The molecule has 0 aromatic heterocycles. The van der Waals surface area contributed by atoms with E-state index in [-0.39, 0.29) is 22.7 Å². The maximum atomic E-state index is 12.9. The Labute approximate surface area is 116 Å². The number of phenols is 1. The van der Waals surface area contributed by atoms with E-state index in [2.05, 4.69) is 5.32 Å². The molecule has 2 atom stereocenters. The number of benzene rings is 1. The molecule has 1 amide bonds. The van der Waals surface area contributed by atoms with Crippen molar-refractivity contribution in [1.29, 1.82) is 0 Å². The number of halogens is 2. The summed E-state index contributed by atoms with van der Waals surface area (Å²) in [6.45, 7) is 0. The Morgan fingerprint density at radius 3 is 2.79 bits per heavy atom. The van der Waals surface area contributed by atoms with Crippen molar-refractivity contribution in [3.63, 3.8) is 0 Å². The van der Waals surface area contributed by atoms with Crippen molar-refractivity contribution in [1.82, 2.24) is 5.32 Å². The van der Waals surface area contributed by atoms with Gasteiger partial charge in [0.05, 0.1) is 10.9 Å². The number of alkyl halides is 1. The number of rotatable bonds is 2. The molecule has 5 heteroatoms. The number of amides is 1. The van der Waals surface area contributed by atoms with Crippen LogP contribution in [-0.4, -0.2) is 22.4 Å². The van der Waals surface area contributed by atoms with Crippen LogP contribution in [0.25, 0.3) is 0 Å². The number of carbonyl (C=O) groups is 1. The molecular weight excluding hydrogens is 269 g/mol. The third-order valence-electron chi connectivity index (χ3n) is 3.45. The van der Waals surface area contributed by atoms with Gasteiger partial charge in [-0.1, -0.05) is 19.3 Å². The summed E-state index contributed by atoms with van der Waals surface area (Å²) in [6, 6.07) is 3.26. The maximum Gasteiger partial charge on any atom is 0.255 e. The zero-order chi connectivity index (χ0) is 13.8. The second-order valence-electron chi connectivity index (χ2n) is 4.90. The van der Waals surface area contributed by atoms with Crippen LogP contribution in [0.1, 0.15) is 42.5 Å². The standard InChI is InChI=1S/C14H17ClFNO2/c15-11-4-2-1-3-5-12(11)17-14(19)10-7-6-9(16)8-13(10)18/h6-8,11-12,18H,1-5H2,(H,17,19). The van der Waals surface area contributed by atoms with Gasteiger partial charge < -0.3 is 10.4 Å². The van der Waals surface area contributed by atoms with Gasteiger partial charge >= 0.3 is 0 Å². The van der Waals surface area contributed by atoms with Gasteiger partial charge in [-0.05, 0) is 25.0 Å². The van der Waals surface area contributed by atoms with Gasteiger partial charge in [-0.15, -0.1) is 11.6 Å². The molecule has 1 aromatic rings. The minimum Gasteiger partial charge on any atom is -0.507 e. The van der Waals surface area contributed by atoms with Gasteiger partial charge in [0.25, 0.3) is 5.91 Å². The van der Waals surface area contributed by atoms with Crippen LogP contribution in [0.4, 0.5) is 4.39 Å². The summed E-state index contributed by atoms with van der Waals surface area (Å²) in [5.74, 6) is -1.33. The maximum absolute atomic E-state index is 12.9. The molecule has 0 heterocycles. The highest BCUT2D eigenvalue weighted by molar-refractivity contribution is 6.21. The Kier molecular flexibility index (Phi) is 4.64. The van der Waals surface area contributed by atoms with E-state index >= 15 is 0 Å². The van der Waals surface area contributed by atoms with Crippen molar-refractivity contribution in [2.45, 2.75) is 43.5 Å². The third kappa shape index (κ3) is 3.60. The molecule has 0 aliphatic heterocycles. The largest absolute Gasteiger partial charge is 0.507 e.